The van der Waals surface area contributed by atoms with Crippen molar-refractivity contribution in [3.8, 4) is 5.75 Å². The maximum atomic E-state index is 6.46. The smallest absolute Gasteiger partial charge is 0.124 e. The van der Waals surface area contributed by atoms with Crippen LogP contribution in [0.3, 0.4) is 0 Å². The van der Waals surface area contributed by atoms with E-state index >= 15 is 0 Å². The summed E-state index contributed by atoms with van der Waals surface area (Å²) in [7, 11) is 0. The fraction of sp³-hybridized carbons (Fsp3) is 0.368. The maximum Gasteiger partial charge on any atom is 0.124 e. The molecule has 22 heavy (non-hydrogen) atoms. The second-order valence-electron chi connectivity index (χ2n) is 5.83. The Labute approximate surface area is 132 Å². The van der Waals surface area contributed by atoms with E-state index in [1.807, 2.05) is 25.1 Å². The molecule has 2 N–H and O–H groups in total. The molecule has 116 valence electrons. The monoisotopic (exact) mass is 296 g/mol. The molecule has 0 saturated heterocycles. The van der Waals surface area contributed by atoms with Crippen LogP contribution in [0.1, 0.15) is 29.7 Å². The molecule has 3 nitrogen and oxygen atoms in total. The van der Waals surface area contributed by atoms with Crippen molar-refractivity contribution in [2.75, 3.05) is 19.7 Å². The first kappa shape index (κ1) is 15.1. The summed E-state index contributed by atoms with van der Waals surface area (Å²) in [5, 5.41) is 0. The highest BCUT2D eigenvalue weighted by Crippen LogP contribution is 2.26. The van der Waals surface area contributed by atoms with Gasteiger partial charge in [0.25, 0.3) is 0 Å². The van der Waals surface area contributed by atoms with Gasteiger partial charge in [-0.05, 0) is 30.5 Å². The number of hydrogen-bond donors (Lipinski definition) is 1. The number of nitrogens with zero attached hydrogens (tertiary/aromatic N) is 1. The zero-order chi connectivity index (χ0) is 15.4. The lowest BCUT2D eigenvalue weighted by Crippen LogP contribution is -2.36. The minimum atomic E-state index is -0.0204. The predicted molar refractivity (Wildman–Crippen MR) is 90.0 cm³/mol. The largest absolute Gasteiger partial charge is 0.494 e. The van der Waals surface area contributed by atoms with Gasteiger partial charge < -0.3 is 10.5 Å². The first-order chi connectivity index (χ1) is 10.8. The minimum absolute atomic E-state index is 0.0204. The van der Waals surface area contributed by atoms with Gasteiger partial charge in [0.2, 0.25) is 0 Å². The number of ether oxygens (including phenoxy) is 1. The summed E-state index contributed by atoms with van der Waals surface area (Å²) >= 11 is 0. The molecule has 0 amide bonds. The summed E-state index contributed by atoms with van der Waals surface area (Å²) in [6.07, 6.45) is 1.11. The van der Waals surface area contributed by atoms with Gasteiger partial charge in [-0.1, -0.05) is 42.5 Å². The van der Waals surface area contributed by atoms with Gasteiger partial charge in [-0.3, -0.25) is 4.90 Å². The Morgan fingerprint density at radius 1 is 1.09 bits per heavy atom. The van der Waals surface area contributed by atoms with Crippen LogP contribution in [0.4, 0.5) is 0 Å². The molecule has 0 spiro atoms. The third kappa shape index (κ3) is 3.32. The number of para-hydroxylation sites is 1. The molecule has 1 aliphatic rings. The lowest BCUT2D eigenvalue weighted by Gasteiger charge is -2.31. The predicted octanol–water partition coefficient (Wildman–Crippen LogP) is 3.14. The Kier molecular flexibility index (Phi) is 4.76. The van der Waals surface area contributed by atoms with Gasteiger partial charge in [-0.2, -0.15) is 0 Å². The fourth-order valence-corrected chi connectivity index (χ4v) is 3.16. The molecule has 3 rings (SSSR count). The molecule has 0 aromatic heterocycles. The minimum Gasteiger partial charge on any atom is -0.494 e. The third-order valence-corrected chi connectivity index (χ3v) is 4.28. The van der Waals surface area contributed by atoms with Crippen LogP contribution in [-0.4, -0.2) is 24.6 Å². The Morgan fingerprint density at radius 2 is 1.82 bits per heavy atom. The molecule has 2 aromatic carbocycles. The van der Waals surface area contributed by atoms with Crippen molar-refractivity contribution in [2.24, 2.45) is 5.73 Å². The Hall–Kier alpha value is -1.84. The first-order valence-electron chi connectivity index (χ1n) is 8.04. The Morgan fingerprint density at radius 3 is 2.64 bits per heavy atom. The molecule has 0 aliphatic carbocycles. The van der Waals surface area contributed by atoms with E-state index in [2.05, 4.69) is 35.2 Å². The van der Waals surface area contributed by atoms with Crippen molar-refractivity contribution < 1.29 is 4.74 Å². The van der Waals surface area contributed by atoms with Crippen molar-refractivity contribution >= 4 is 0 Å². The van der Waals surface area contributed by atoms with Crippen molar-refractivity contribution in [3.63, 3.8) is 0 Å². The van der Waals surface area contributed by atoms with Gasteiger partial charge in [0.15, 0.2) is 0 Å². The summed E-state index contributed by atoms with van der Waals surface area (Å²) in [5.41, 5.74) is 10.5. The van der Waals surface area contributed by atoms with E-state index in [-0.39, 0.29) is 6.04 Å². The van der Waals surface area contributed by atoms with Crippen molar-refractivity contribution in [1.29, 1.82) is 0 Å². The van der Waals surface area contributed by atoms with Gasteiger partial charge in [-0.25, -0.2) is 0 Å². The van der Waals surface area contributed by atoms with E-state index < -0.39 is 0 Å². The van der Waals surface area contributed by atoms with Crippen LogP contribution in [0, 0.1) is 0 Å². The molecule has 3 heteroatoms. The highest BCUT2D eigenvalue weighted by atomic mass is 16.5. The maximum absolute atomic E-state index is 6.46. The highest BCUT2D eigenvalue weighted by molar-refractivity contribution is 5.36. The summed E-state index contributed by atoms with van der Waals surface area (Å²) < 4.78 is 5.71. The molecule has 0 bridgehead atoms. The molecule has 0 saturated carbocycles. The molecule has 1 heterocycles. The van der Waals surface area contributed by atoms with Crippen LogP contribution in [-0.2, 0) is 13.0 Å². The van der Waals surface area contributed by atoms with Gasteiger partial charge in [-0.15, -0.1) is 0 Å². The zero-order valence-corrected chi connectivity index (χ0v) is 13.2. The van der Waals surface area contributed by atoms with Crippen molar-refractivity contribution in [2.45, 2.75) is 25.9 Å². The first-order valence-corrected chi connectivity index (χ1v) is 8.04. The van der Waals surface area contributed by atoms with E-state index in [0.717, 1.165) is 37.4 Å². The van der Waals surface area contributed by atoms with Gasteiger partial charge >= 0.3 is 0 Å². The van der Waals surface area contributed by atoms with Crippen LogP contribution in [0.25, 0.3) is 0 Å². The Bertz CT molecular complexity index is 626. The quantitative estimate of drug-likeness (QED) is 0.921. The molecular formula is C19H24N2O. The number of hydrogen-bond acceptors (Lipinski definition) is 3. The standard InChI is InChI=1S/C19H24N2O/c1-2-22-19-10-6-5-9-17(19)18(20)14-21-12-11-15-7-3-4-8-16(15)13-21/h3-10,18H,2,11-14,20H2,1H3. The van der Waals surface area contributed by atoms with E-state index in [1.54, 1.807) is 0 Å². The number of fused-ring (bicyclic) bond motifs is 1. The summed E-state index contributed by atoms with van der Waals surface area (Å²) in [5.74, 6) is 0.912. The van der Waals surface area contributed by atoms with E-state index in [1.165, 1.54) is 11.1 Å². The molecule has 0 radical (unpaired) electrons. The fourth-order valence-electron chi connectivity index (χ4n) is 3.16. The van der Waals surface area contributed by atoms with E-state index in [4.69, 9.17) is 10.5 Å². The molecule has 1 atom stereocenters. The molecule has 1 unspecified atom stereocenters. The van der Waals surface area contributed by atoms with Gasteiger partial charge in [0.1, 0.15) is 5.75 Å². The summed E-state index contributed by atoms with van der Waals surface area (Å²) in [6.45, 7) is 5.59. The average molecular weight is 296 g/mol. The number of rotatable bonds is 5. The zero-order valence-electron chi connectivity index (χ0n) is 13.2. The molecule has 0 fully saturated rings. The second-order valence-corrected chi connectivity index (χ2v) is 5.83. The Balaban J connectivity index is 1.69. The number of benzene rings is 2. The SMILES string of the molecule is CCOc1ccccc1C(N)CN1CCc2ccccc2C1. The average Bonchev–Trinajstić information content (AvgIpc) is 2.55. The van der Waals surface area contributed by atoms with Gasteiger partial charge in [0.05, 0.1) is 6.61 Å². The highest BCUT2D eigenvalue weighted by Gasteiger charge is 2.20. The normalized spacial score (nSPS) is 16.1. The van der Waals surface area contributed by atoms with Crippen molar-refractivity contribution in [3.05, 3.63) is 65.2 Å². The lowest BCUT2D eigenvalue weighted by molar-refractivity contribution is 0.236. The van der Waals surface area contributed by atoms with E-state index in [0.29, 0.717) is 6.61 Å². The van der Waals surface area contributed by atoms with Crippen LogP contribution in [0.15, 0.2) is 48.5 Å². The molecular weight excluding hydrogens is 272 g/mol. The summed E-state index contributed by atoms with van der Waals surface area (Å²) in [4.78, 5) is 2.44. The lowest BCUT2D eigenvalue weighted by atomic mass is 9.98. The van der Waals surface area contributed by atoms with Gasteiger partial charge in [0, 0.05) is 31.2 Å². The number of nitrogens with two attached hydrogens (primary N) is 1. The molecule has 1 aliphatic heterocycles. The van der Waals surface area contributed by atoms with Crippen LogP contribution in [0.2, 0.25) is 0 Å². The van der Waals surface area contributed by atoms with Crippen LogP contribution < -0.4 is 10.5 Å². The van der Waals surface area contributed by atoms with Crippen LogP contribution in [0.5, 0.6) is 5.75 Å². The summed E-state index contributed by atoms with van der Waals surface area (Å²) in [6, 6.07) is 16.8. The third-order valence-electron chi connectivity index (χ3n) is 4.28. The van der Waals surface area contributed by atoms with Crippen molar-refractivity contribution in [1.82, 2.24) is 4.90 Å². The second kappa shape index (κ2) is 6.95. The molecule has 2 aromatic rings. The van der Waals surface area contributed by atoms with E-state index in [9.17, 15) is 0 Å². The van der Waals surface area contributed by atoms with Crippen LogP contribution >= 0.6 is 0 Å². The topological polar surface area (TPSA) is 38.5 Å².